The number of hydrogen-bond acceptors (Lipinski definition) is 5. The predicted molar refractivity (Wildman–Crippen MR) is 95.9 cm³/mol. The molecule has 1 amide bonds. The summed E-state index contributed by atoms with van der Waals surface area (Å²) in [6, 6.07) is 15.2. The minimum atomic E-state index is -0.246. The number of aryl methyl sites for hydroxylation is 1. The summed E-state index contributed by atoms with van der Waals surface area (Å²) < 4.78 is 1.55. The van der Waals surface area contributed by atoms with Gasteiger partial charge in [-0.2, -0.15) is 5.10 Å². The number of aromatic amines is 1. The Labute approximate surface area is 148 Å². The molecule has 0 saturated carbocycles. The van der Waals surface area contributed by atoms with Crippen molar-refractivity contribution in [2.75, 3.05) is 5.32 Å². The van der Waals surface area contributed by atoms with Gasteiger partial charge in [0.2, 0.25) is 0 Å². The van der Waals surface area contributed by atoms with Gasteiger partial charge in [0.25, 0.3) is 5.91 Å². The Bertz CT molecular complexity index is 1040. The maximum atomic E-state index is 12.7. The van der Waals surface area contributed by atoms with E-state index in [2.05, 4.69) is 31.0 Å². The molecule has 0 spiro atoms. The number of carbonyl (C=O) groups is 1. The Morgan fingerprint density at radius 1 is 1.15 bits per heavy atom. The van der Waals surface area contributed by atoms with Crippen LogP contribution in [0.5, 0.6) is 0 Å². The van der Waals surface area contributed by atoms with Crippen molar-refractivity contribution in [3.63, 3.8) is 0 Å². The molecule has 4 rings (SSSR count). The van der Waals surface area contributed by atoms with Gasteiger partial charge in [0, 0.05) is 11.3 Å². The molecule has 2 heterocycles. The van der Waals surface area contributed by atoms with Crippen molar-refractivity contribution in [3.05, 3.63) is 72.2 Å². The van der Waals surface area contributed by atoms with E-state index in [4.69, 9.17) is 0 Å². The zero-order chi connectivity index (χ0) is 17.9. The average molecular weight is 345 g/mol. The molecular weight excluding hydrogens is 330 g/mol. The van der Waals surface area contributed by atoms with E-state index in [-0.39, 0.29) is 5.91 Å². The van der Waals surface area contributed by atoms with Crippen LogP contribution in [0.2, 0.25) is 0 Å². The summed E-state index contributed by atoms with van der Waals surface area (Å²) in [6.45, 7) is 1.95. The standard InChI is InChI=1S/C18H15N7O/c1-12-7-8-14(9-16(12)25-11-20-23-24-25)21-18(26)15-10-19-22-17(15)13-5-3-2-4-6-13/h2-11H,1H3,(H,19,22)(H,21,26). The summed E-state index contributed by atoms with van der Waals surface area (Å²) in [5.74, 6) is -0.246. The summed E-state index contributed by atoms with van der Waals surface area (Å²) in [6.07, 6.45) is 3.03. The van der Waals surface area contributed by atoms with E-state index in [1.807, 2.05) is 55.5 Å². The van der Waals surface area contributed by atoms with E-state index < -0.39 is 0 Å². The van der Waals surface area contributed by atoms with Crippen LogP contribution in [0.25, 0.3) is 16.9 Å². The minimum Gasteiger partial charge on any atom is -0.322 e. The van der Waals surface area contributed by atoms with Crippen molar-refractivity contribution in [2.45, 2.75) is 6.92 Å². The van der Waals surface area contributed by atoms with Gasteiger partial charge >= 0.3 is 0 Å². The van der Waals surface area contributed by atoms with Crippen LogP contribution in [0.4, 0.5) is 5.69 Å². The minimum absolute atomic E-state index is 0.246. The van der Waals surface area contributed by atoms with E-state index in [9.17, 15) is 4.79 Å². The molecule has 8 heteroatoms. The maximum Gasteiger partial charge on any atom is 0.259 e. The summed E-state index contributed by atoms with van der Waals surface area (Å²) in [7, 11) is 0. The van der Waals surface area contributed by atoms with Crippen molar-refractivity contribution >= 4 is 11.6 Å². The zero-order valence-electron chi connectivity index (χ0n) is 13.9. The first-order chi connectivity index (χ1) is 12.7. The smallest absolute Gasteiger partial charge is 0.259 e. The number of nitrogens with one attached hydrogen (secondary N) is 2. The molecule has 2 aromatic heterocycles. The number of anilines is 1. The number of aromatic nitrogens is 6. The normalized spacial score (nSPS) is 10.7. The predicted octanol–water partition coefficient (Wildman–Crippen LogP) is 2.61. The molecular formula is C18H15N7O. The fraction of sp³-hybridized carbons (Fsp3) is 0.0556. The van der Waals surface area contributed by atoms with Crippen LogP contribution in [-0.2, 0) is 0 Å². The van der Waals surface area contributed by atoms with E-state index in [1.165, 1.54) is 12.5 Å². The number of hydrogen-bond donors (Lipinski definition) is 2. The highest BCUT2D eigenvalue weighted by Gasteiger charge is 2.16. The first-order valence-corrected chi connectivity index (χ1v) is 7.96. The molecule has 4 aromatic rings. The molecule has 0 aliphatic rings. The monoisotopic (exact) mass is 345 g/mol. The SMILES string of the molecule is Cc1ccc(NC(=O)c2cn[nH]c2-c2ccccc2)cc1-n1cnnn1. The van der Waals surface area contributed by atoms with Crippen molar-refractivity contribution in [3.8, 4) is 16.9 Å². The van der Waals surface area contributed by atoms with Gasteiger partial charge in [-0.15, -0.1) is 5.10 Å². The Kier molecular flexibility index (Phi) is 3.98. The molecule has 0 aliphatic heterocycles. The topological polar surface area (TPSA) is 101 Å². The molecule has 0 aliphatic carbocycles. The lowest BCUT2D eigenvalue weighted by atomic mass is 10.1. The van der Waals surface area contributed by atoms with E-state index in [0.29, 0.717) is 16.9 Å². The molecule has 0 atom stereocenters. The van der Waals surface area contributed by atoms with Crippen LogP contribution in [0, 0.1) is 6.92 Å². The molecule has 2 aromatic carbocycles. The van der Waals surface area contributed by atoms with Crippen LogP contribution in [0.1, 0.15) is 15.9 Å². The quantitative estimate of drug-likeness (QED) is 0.592. The van der Waals surface area contributed by atoms with Gasteiger partial charge in [0.1, 0.15) is 6.33 Å². The number of nitrogens with zero attached hydrogens (tertiary/aromatic N) is 5. The maximum absolute atomic E-state index is 12.7. The second kappa shape index (κ2) is 6.60. The van der Waals surface area contributed by atoms with Crippen LogP contribution in [0.15, 0.2) is 61.1 Å². The highest BCUT2D eigenvalue weighted by Crippen LogP contribution is 2.23. The number of benzene rings is 2. The van der Waals surface area contributed by atoms with Crippen molar-refractivity contribution in [2.24, 2.45) is 0 Å². The van der Waals surface area contributed by atoms with Gasteiger partial charge in [0.05, 0.1) is 23.1 Å². The second-order valence-corrected chi connectivity index (χ2v) is 5.73. The fourth-order valence-corrected chi connectivity index (χ4v) is 2.69. The molecule has 0 saturated heterocycles. The van der Waals surface area contributed by atoms with Gasteiger partial charge in [0.15, 0.2) is 0 Å². The van der Waals surface area contributed by atoms with Gasteiger partial charge in [-0.3, -0.25) is 9.89 Å². The van der Waals surface area contributed by atoms with Gasteiger partial charge in [-0.05, 0) is 35.0 Å². The Morgan fingerprint density at radius 2 is 2.00 bits per heavy atom. The van der Waals surface area contributed by atoms with Crippen molar-refractivity contribution in [1.82, 2.24) is 30.4 Å². The summed E-state index contributed by atoms with van der Waals surface area (Å²) >= 11 is 0. The van der Waals surface area contributed by atoms with Gasteiger partial charge < -0.3 is 5.32 Å². The van der Waals surface area contributed by atoms with Crippen molar-refractivity contribution < 1.29 is 4.79 Å². The lowest BCUT2D eigenvalue weighted by molar-refractivity contribution is 0.102. The zero-order valence-corrected chi connectivity index (χ0v) is 13.9. The number of rotatable bonds is 4. The van der Waals surface area contributed by atoms with E-state index >= 15 is 0 Å². The molecule has 0 bridgehead atoms. The molecule has 26 heavy (non-hydrogen) atoms. The first kappa shape index (κ1) is 15.7. The Morgan fingerprint density at radius 3 is 2.77 bits per heavy atom. The van der Waals surface area contributed by atoms with Crippen LogP contribution in [-0.4, -0.2) is 36.3 Å². The lowest BCUT2D eigenvalue weighted by Gasteiger charge is -2.10. The van der Waals surface area contributed by atoms with Crippen LogP contribution < -0.4 is 5.32 Å². The van der Waals surface area contributed by atoms with E-state index in [0.717, 1.165) is 16.8 Å². The van der Waals surface area contributed by atoms with Crippen LogP contribution in [0.3, 0.4) is 0 Å². The number of H-pyrrole nitrogens is 1. The third-order valence-electron chi connectivity index (χ3n) is 4.01. The fourth-order valence-electron chi connectivity index (χ4n) is 2.69. The highest BCUT2D eigenvalue weighted by atomic mass is 16.1. The second-order valence-electron chi connectivity index (χ2n) is 5.73. The largest absolute Gasteiger partial charge is 0.322 e. The third kappa shape index (κ3) is 2.95. The third-order valence-corrected chi connectivity index (χ3v) is 4.01. The lowest BCUT2D eigenvalue weighted by Crippen LogP contribution is -2.13. The number of tetrazole rings is 1. The molecule has 0 fully saturated rings. The molecule has 8 nitrogen and oxygen atoms in total. The number of carbonyl (C=O) groups excluding carboxylic acids is 1. The first-order valence-electron chi connectivity index (χ1n) is 7.96. The molecule has 2 N–H and O–H groups in total. The summed E-state index contributed by atoms with van der Waals surface area (Å²) in [5, 5.41) is 21.0. The van der Waals surface area contributed by atoms with Gasteiger partial charge in [-0.25, -0.2) is 4.68 Å². The van der Waals surface area contributed by atoms with Crippen LogP contribution >= 0.6 is 0 Å². The van der Waals surface area contributed by atoms with E-state index in [1.54, 1.807) is 4.68 Å². The Balaban J connectivity index is 1.62. The molecule has 128 valence electrons. The summed E-state index contributed by atoms with van der Waals surface area (Å²) in [5.41, 5.74) is 4.48. The Hall–Kier alpha value is -3.81. The van der Waals surface area contributed by atoms with Crippen molar-refractivity contribution in [1.29, 1.82) is 0 Å². The number of amides is 1. The van der Waals surface area contributed by atoms with Gasteiger partial charge in [-0.1, -0.05) is 36.4 Å². The average Bonchev–Trinajstić information content (AvgIpc) is 3.36. The molecule has 0 unspecified atom stereocenters. The highest BCUT2D eigenvalue weighted by molar-refractivity contribution is 6.08. The molecule has 0 radical (unpaired) electrons. The summed E-state index contributed by atoms with van der Waals surface area (Å²) in [4.78, 5) is 12.7.